The number of piperazine rings is 1. The molecule has 0 aliphatic carbocycles. The smallest absolute Gasteiger partial charge is 0.242 e. The average Bonchev–Trinajstić information content (AvgIpc) is 3.23. The molecule has 0 radical (unpaired) electrons. The third-order valence-corrected chi connectivity index (χ3v) is 5.51. The summed E-state index contributed by atoms with van der Waals surface area (Å²) in [6.45, 7) is 3.18. The van der Waals surface area contributed by atoms with Gasteiger partial charge in [-0.05, 0) is 41.8 Å². The highest BCUT2D eigenvalue weighted by atomic mass is 16.2. The lowest BCUT2D eigenvalue weighted by molar-refractivity contribution is -0.132. The highest BCUT2D eigenvalue weighted by Gasteiger charge is 2.22. The first-order valence-corrected chi connectivity index (χ1v) is 10.3. The van der Waals surface area contributed by atoms with Crippen LogP contribution in [0.25, 0.3) is 10.9 Å². The zero-order valence-electron chi connectivity index (χ0n) is 17.1. The number of nitrogens with one attached hydrogen (secondary N) is 1. The quantitative estimate of drug-likeness (QED) is 0.542. The van der Waals surface area contributed by atoms with E-state index in [1.165, 1.54) is 0 Å². The van der Waals surface area contributed by atoms with Crippen molar-refractivity contribution in [2.45, 2.75) is 6.54 Å². The topological polar surface area (TPSA) is 79.2 Å². The minimum Gasteiger partial charge on any atom is -0.352 e. The molecule has 156 valence electrons. The predicted octanol–water partition coefficient (Wildman–Crippen LogP) is 2.92. The Morgan fingerprint density at radius 1 is 0.871 bits per heavy atom. The van der Waals surface area contributed by atoms with E-state index in [0.717, 1.165) is 35.6 Å². The third kappa shape index (κ3) is 4.18. The second kappa shape index (κ2) is 8.43. The van der Waals surface area contributed by atoms with E-state index in [1.807, 2.05) is 70.3 Å². The number of amides is 1. The number of hydrogen-bond acceptors (Lipinski definition) is 6. The maximum Gasteiger partial charge on any atom is 0.242 e. The summed E-state index contributed by atoms with van der Waals surface area (Å²) in [6, 6.07) is 19.7. The summed E-state index contributed by atoms with van der Waals surface area (Å²) in [5.74, 6) is 2.33. The predicted molar refractivity (Wildman–Crippen MR) is 120 cm³/mol. The first-order valence-electron chi connectivity index (χ1n) is 10.3. The fraction of sp³-hybridized carbons (Fsp3) is 0.217. The Bertz CT molecular complexity index is 1170. The van der Waals surface area contributed by atoms with E-state index in [1.54, 1.807) is 6.20 Å². The Morgan fingerprint density at radius 3 is 2.48 bits per heavy atom. The zero-order valence-corrected chi connectivity index (χ0v) is 17.1. The lowest BCUT2D eigenvalue weighted by Crippen LogP contribution is -2.49. The Kier molecular flexibility index (Phi) is 5.18. The molecule has 1 amide bonds. The van der Waals surface area contributed by atoms with Crippen LogP contribution >= 0.6 is 0 Å². The van der Waals surface area contributed by atoms with Gasteiger partial charge in [0.1, 0.15) is 12.4 Å². The fourth-order valence-corrected chi connectivity index (χ4v) is 3.84. The van der Waals surface area contributed by atoms with Gasteiger partial charge < -0.3 is 19.7 Å². The van der Waals surface area contributed by atoms with E-state index in [-0.39, 0.29) is 5.91 Å². The summed E-state index contributed by atoms with van der Waals surface area (Å²) < 4.78 is 2.02. The standard InChI is InChI=1S/C23H23N7O/c31-23(17-30-12-10-18-5-1-2-6-19(18)30)29-15-13-28(14-16-29)22-9-8-21(26-27-22)25-20-7-3-4-11-24-20/h1-12H,13-17H2,(H,24,25,26). The van der Waals surface area contributed by atoms with Crippen molar-refractivity contribution in [1.82, 2.24) is 24.6 Å². The number of nitrogens with zero attached hydrogens (tertiary/aromatic N) is 6. The van der Waals surface area contributed by atoms with E-state index in [0.29, 0.717) is 25.5 Å². The average molecular weight is 413 g/mol. The van der Waals surface area contributed by atoms with Gasteiger partial charge in [0.25, 0.3) is 0 Å². The zero-order chi connectivity index (χ0) is 21.0. The molecule has 1 N–H and O–H groups in total. The monoisotopic (exact) mass is 413 g/mol. The lowest BCUT2D eigenvalue weighted by atomic mass is 10.2. The number of aromatic nitrogens is 4. The van der Waals surface area contributed by atoms with Crippen molar-refractivity contribution in [3.8, 4) is 0 Å². The molecule has 1 fully saturated rings. The summed E-state index contributed by atoms with van der Waals surface area (Å²) >= 11 is 0. The number of anilines is 3. The maximum atomic E-state index is 12.8. The van der Waals surface area contributed by atoms with Gasteiger partial charge in [-0.15, -0.1) is 10.2 Å². The minimum absolute atomic E-state index is 0.141. The van der Waals surface area contributed by atoms with E-state index in [9.17, 15) is 4.79 Å². The van der Waals surface area contributed by atoms with Gasteiger partial charge in [-0.1, -0.05) is 24.3 Å². The maximum absolute atomic E-state index is 12.8. The Balaban J connectivity index is 1.17. The first kappa shape index (κ1) is 19.0. The highest BCUT2D eigenvalue weighted by molar-refractivity contribution is 5.83. The molecule has 1 aromatic carbocycles. The molecule has 3 aromatic heterocycles. The van der Waals surface area contributed by atoms with Crippen LogP contribution in [0.15, 0.2) is 73.1 Å². The van der Waals surface area contributed by atoms with Crippen molar-refractivity contribution in [2.75, 3.05) is 36.4 Å². The van der Waals surface area contributed by atoms with Gasteiger partial charge in [0, 0.05) is 44.1 Å². The molecule has 1 aliphatic heterocycles. The summed E-state index contributed by atoms with van der Waals surface area (Å²) in [6.07, 6.45) is 3.71. The summed E-state index contributed by atoms with van der Waals surface area (Å²) in [7, 11) is 0. The van der Waals surface area contributed by atoms with Crippen molar-refractivity contribution in [2.24, 2.45) is 0 Å². The van der Waals surface area contributed by atoms with E-state index >= 15 is 0 Å². The van der Waals surface area contributed by atoms with Crippen LogP contribution in [-0.2, 0) is 11.3 Å². The SMILES string of the molecule is O=C(Cn1ccc2ccccc21)N1CCN(c2ccc(Nc3ccccn3)nn2)CC1. The molecule has 8 nitrogen and oxygen atoms in total. The Morgan fingerprint density at radius 2 is 1.71 bits per heavy atom. The fourth-order valence-electron chi connectivity index (χ4n) is 3.84. The molecule has 0 saturated carbocycles. The van der Waals surface area contributed by atoms with Crippen LogP contribution in [0.2, 0.25) is 0 Å². The minimum atomic E-state index is 0.141. The molecule has 8 heteroatoms. The van der Waals surface area contributed by atoms with E-state index in [2.05, 4.69) is 31.5 Å². The van der Waals surface area contributed by atoms with Crippen molar-refractivity contribution in [3.05, 3.63) is 73.1 Å². The summed E-state index contributed by atoms with van der Waals surface area (Å²) in [5.41, 5.74) is 1.09. The molecular weight excluding hydrogens is 390 g/mol. The van der Waals surface area contributed by atoms with Crippen LogP contribution in [0.5, 0.6) is 0 Å². The Hall–Kier alpha value is -3.94. The van der Waals surface area contributed by atoms with E-state index in [4.69, 9.17) is 0 Å². The van der Waals surface area contributed by atoms with Crippen molar-refractivity contribution in [1.29, 1.82) is 0 Å². The number of pyridine rings is 1. The van der Waals surface area contributed by atoms with Gasteiger partial charge in [0.05, 0.1) is 0 Å². The van der Waals surface area contributed by atoms with Crippen molar-refractivity contribution in [3.63, 3.8) is 0 Å². The van der Waals surface area contributed by atoms with Crippen LogP contribution in [-0.4, -0.2) is 56.7 Å². The van der Waals surface area contributed by atoms with Gasteiger partial charge in [-0.2, -0.15) is 0 Å². The number of carbonyl (C=O) groups excluding carboxylic acids is 1. The van der Waals surface area contributed by atoms with E-state index < -0.39 is 0 Å². The van der Waals surface area contributed by atoms with Crippen LogP contribution in [0.3, 0.4) is 0 Å². The molecule has 0 atom stereocenters. The third-order valence-electron chi connectivity index (χ3n) is 5.51. The number of para-hydroxylation sites is 1. The van der Waals surface area contributed by atoms with Crippen LogP contribution < -0.4 is 10.2 Å². The number of benzene rings is 1. The van der Waals surface area contributed by atoms with Crippen molar-refractivity contribution < 1.29 is 4.79 Å². The Labute approximate surface area is 180 Å². The molecule has 31 heavy (non-hydrogen) atoms. The van der Waals surface area contributed by atoms with Crippen molar-refractivity contribution >= 4 is 34.3 Å². The lowest BCUT2D eigenvalue weighted by Gasteiger charge is -2.35. The number of hydrogen-bond donors (Lipinski definition) is 1. The molecule has 0 bridgehead atoms. The molecule has 0 unspecified atom stereocenters. The normalized spacial score (nSPS) is 14.1. The van der Waals surface area contributed by atoms with Gasteiger partial charge in [0.2, 0.25) is 5.91 Å². The first-order chi connectivity index (χ1) is 15.3. The molecule has 4 aromatic rings. The van der Waals surface area contributed by atoms with Gasteiger partial charge >= 0.3 is 0 Å². The molecule has 4 heterocycles. The van der Waals surface area contributed by atoms with Crippen LogP contribution in [0.4, 0.5) is 17.5 Å². The molecule has 0 spiro atoms. The molecule has 1 aliphatic rings. The van der Waals surface area contributed by atoms with Gasteiger partial charge in [0.15, 0.2) is 11.6 Å². The van der Waals surface area contributed by atoms with Gasteiger partial charge in [-0.25, -0.2) is 4.98 Å². The molecular formula is C23H23N7O. The highest BCUT2D eigenvalue weighted by Crippen LogP contribution is 2.18. The summed E-state index contributed by atoms with van der Waals surface area (Å²) in [4.78, 5) is 21.1. The van der Waals surface area contributed by atoms with Gasteiger partial charge in [-0.3, -0.25) is 4.79 Å². The van der Waals surface area contributed by atoms with Crippen LogP contribution in [0.1, 0.15) is 0 Å². The number of carbonyl (C=O) groups is 1. The second-order valence-corrected chi connectivity index (χ2v) is 7.49. The number of fused-ring (bicyclic) bond motifs is 1. The molecule has 5 rings (SSSR count). The molecule has 1 saturated heterocycles. The number of rotatable bonds is 5. The largest absolute Gasteiger partial charge is 0.352 e. The van der Waals surface area contributed by atoms with Crippen LogP contribution in [0, 0.1) is 0 Å². The second-order valence-electron chi connectivity index (χ2n) is 7.49. The summed E-state index contributed by atoms with van der Waals surface area (Å²) in [5, 5.41) is 12.9.